The molecule has 1 aliphatic heterocycles. The normalized spacial score (nSPS) is 21.4. The molecular formula is C6H9NO4S. The van der Waals surface area contributed by atoms with Gasteiger partial charge in [-0.05, 0) is 6.92 Å². The lowest BCUT2D eigenvalue weighted by molar-refractivity contribution is -0.470. The minimum Gasteiger partial charge on any atom is -0.264 e. The van der Waals surface area contributed by atoms with Crippen LogP contribution in [0.2, 0.25) is 0 Å². The van der Waals surface area contributed by atoms with Crippen LogP contribution in [0.1, 0.15) is 6.92 Å². The first-order chi connectivity index (χ1) is 5.41. The van der Waals surface area contributed by atoms with Gasteiger partial charge in [0.1, 0.15) is 0 Å². The summed E-state index contributed by atoms with van der Waals surface area (Å²) in [6.07, 6.45) is 0. The summed E-state index contributed by atoms with van der Waals surface area (Å²) in [6, 6.07) is 0. The third-order valence-electron chi connectivity index (χ3n) is 1.75. The van der Waals surface area contributed by atoms with Gasteiger partial charge in [-0.15, -0.1) is 0 Å². The van der Waals surface area contributed by atoms with E-state index in [1.165, 1.54) is 0 Å². The summed E-state index contributed by atoms with van der Waals surface area (Å²) in [5.74, 6) is -0.157. The average Bonchev–Trinajstić information content (AvgIpc) is 2.03. The highest BCUT2D eigenvalue weighted by atomic mass is 32.2. The van der Waals surface area contributed by atoms with E-state index in [4.69, 9.17) is 0 Å². The van der Waals surface area contributed by atoms with E-state index in [0.29, 0.717) is 11.1 Å². The lowest BCUT2D eigenvalue weighted by Crippen LogP contribution is -2.09. The fourth-order valence-corrected chi connectivity index (χ4v) is 3.04. The Hall–Kier alpha value is -0.910. The van der Waals surface area contributed by atoms with Crippen molar-refractivity contribution in [3.63, 3.8) is 0 Å². The van der Waals surface area contributed by atoms with Crippen molar-refractivity contribution in [3.8, 4) is 0 Å². The predicted molar refractivity (Wildman–Crippen MR) is 43.2 cm³/mol. The fourth-order valence-electron chi connectivity index (χ4n) is 1.21. The molecule has 6 heteroatoms. The number of nitrogens with zero attached hydrogens (tertiary/aromatic N) is 1. The lowest BCUT2D eigenvalue weighted by Gasteiger charge is -1.93. The Kier molecular flexibility index (Phi) is 2.18. The molecule has 0 saturated carbocycles. The van der Waals surface area contributed by atoms with Crippen LogP contribution in [-0.4, -0.2) is 31.4 Å². The molecule has 0 amide bonds. The predicted octanol–water partition coefficient (Wildman–Crippen LogP) is 0.00800. The molecule has 0 saturated heterocycles. The SMILES string of the molecule is CC1=C(C[N+](=O)[O-])CS(=O)(=O)C1. The summed E-state index contributed by atoms with van der Waals surface area (Å²) in [7, 11) is -3.07. The van der Waals surface area contributed by atoms with Crippen LogP contribution in [0.4, 0.5) is 0 Å². The molecule has 1 rings (SSSR count). The molecule has 0 aromatic carbocycles. The van der Waals surface area contributed by atoms with Gasteiger partial charge in [0, 0.05) is 10.5 Å². The molecule has 0 atom stereocenters. The van der Waals surface area contributed by atoms with Crippen molar-refractivity contribution < 1.29 is 13.3 Å². The molecule has 0 radical (unpaired) electrons. The van der Waals surface area contributed by atoms with Gasteiger partial charge in [0.2, 0.25) is 6.54 Å². The van der Waals surface area contributed by atoms with Gasteiger partial charge in [-0.3, -0.25) is 10.1 Å². The van der Waals surface area contributed by atoms with E-state index in [1.54, 1.807) is 6.92 Å². The van der Waals surface area contributed by atoms with E-state index in [9.17, 15) is 18.5 Å². The lowest BCUT2D eigenvalue weighted by atomic mass is 10.2. The van der Waals surface area contributed by atoms with Gasteiger partial charge in [-0.2, -0.15) is 0 Å². The summed E-state index contributed by atoms with van der Waals surface area (Å²) in [6.45, 7) is 1.29. The molecular weight excluding hydrogens is 182 g/mol. The molecule has 0 unspecified atom stereocenters. The van der Waals surface area contributed by atoms with E-state index < -0.39 is 14.8 Å². The van der Waals surface area contributed by atoms with Crippen LogP contribution in [0.5, 0.6) is 0 Å². The first-order valence-electron chi connectivity index (χ1n) is 3.40. The molecule has 0 fully saturated rings. The highest BCUT2D eigenvalue weighted by Gasteiger charge is 2.27. The number of hydrogen-bond acceptors (Lipinski definition) is 4. The van der Waals surface area contributed by atoms with Crippen molar-refractivity contribution >= 4 is 9.84 Å². The zero-order valence-electron chi connectivity index (χ0n) is 6.61. The first-order valence-corrected chi connectivity index (χ1v) is 5.22. The Morgan fingerprint density at radius 1 is 1.50 bits per heavy atom. The monoisotopic (exact) mass is 191 g/mol. The Balaban J connectivity index is 2.80. The van der Waals surface area contributed by atoms with E-state index in [2.05, 4.69) is 0 Å². The Bertz CT molecular complexity index is 341. The van der Waals surface area contributed by atoms with Crippen molar-refractivity contribution in [2.45, 2.75) is 6.92 Å². The minimum absolute atomic E-state index is 0.0177. The highest BCUT2D eigenvalue weighted by Crippen LogP contribution is 2.18. The summed E-state index contributed by atoms with van der Waals surface area (Å²) >= 11 is 0. The van der Waals surface area contributed by atoms with Gasteiger partial charge >= 0.3 is 0 Å². The van der Waals surface area contributed by atoms with Gasteiger partial charge in [-0.1, -0.05) is 5.57 Å². The summed E-state index contributed by atoms with van der Waals surface area (Å²) in [5.41, 5.74) is 1.08. The minimum atomic E-state index is -3.07. The van der Waals surface area contributed by atoms with E-state index >= 15 is 0 Å². The number of hydrogen-bond donors (Lipinski definition) is 0. The van der Waals surface area contributed by atoms with Crippen LogP contribution in [0, 0.1) is 10.1 Å². The van der Waals surface area contributed by atoms with Crippen LogP contribution in [0.15, 0.2) is 11.1 Å². The molecule has 12 heavy (non-hydrogen) atoms. The van der Waals surface area contributed by atoms with Gasteiger partial charge < -0.3 is 0 Å². The summed E-state index contributed by atoms with van der Waals surface area (Å²) < 4.78 is 21.9. The number of sulfone groups is 1. The molecule has 1 aliphatic rings. The maximum Gasteiger partial charge on any atom is 0.226 e. The largest absolute Gasteiger partial charge is 0.264 e. The maximum absolute atomic E-state index is 11.0. The Morgan fingerprint density at radius 3 is 2.42 bits per heavy atom. The fraction of sp³-hybridized carbons (Fsp3) is 0.667. The summed E-state index contributed by atoms with van der Waals surface area (Å²) in [5, 5.41) is 10.1. The average molecular weight is 191 g/mol. The molecule has 0 aliphatic carbocycles. The second kappa shape index (κ2) is 2.85. The molecule has 0 aromatic rings. The number of nitro groups is 1. The third kappa shape index (κ3) is 2.04. The third-order valence-corrected chi connectivity index (χ3v) is 3.42. The highest BCUT2D eigenvalue weighted by molar-refractivity contribution is 7.92. The van der Waals surface area contributed by atoms with Gasteiger partial charge in [0.25, 0.3) is 0 Å². The van der Waals surface area contributed by atoms with Crippen molar-refractivity contribution in [2.75, 3.05) is 18.1 Å². The standard InChI is InChI=1S/C6H9NO4S/c1-5-3-12(10,11)4-6(5)2-7(8)9/h2-4H2,1H3. The molecule has 0 spiro atoms. The molecule has 68 valence electrons. The quantitative estimate of drug-likeness (QED) is 0.350. The van der Waals surface area contributed by atoms with Crippen LogP contribution in [-0.2, 0) is 9.84 Å². The van der Waals surface area contributed by atoms with Crippen LogP contribution < -0.4 is 0 Å². The molecule has 0 bridgehead atoms. The van der Waals surface area contributed by atoms with E-state index in [1.807, 2.05) is 0 Å². The zero-order valence-corrected chi connectivity index (χ0v) is 7.43. The molecule has 5 nitrogen and oxygen atoms in total. The van der Waals surface area contributed by atoms with E-state index in [0.717, 1.165) is 0 Å². The summed E-state index contributed by atoms with van der Waals surface area (Å²) in [4.78, 5) is 9.59. The second-order valence-electron chi connectivity index (χ2n) is 2.91. The van der Waals surface area contributed by atoms with Crippen LogP contribution >= 0.6 is 0 Å². The molecule has 0 aromatic heterocycles. The van der Waals surface area contributed by atoms with Gasteiger partial charge in [0.15, 0.2) is 9.84 Å². The Labute approximate surface area is 70.1 Å². The van der Waals surface area contributed by atoms with Crippen molar-refractivity contribution in [2.24, 2.45) is 0 Å². The van der Waals surface area contributed by atoms with Gasteiger partial charge in [-0.25, -0.2) is 8.42 Å². The Morgan fingerprint density at radius 2 is 2.08 bits per heavy atom. The van der Waals surface area contributed by atoms with Crippen LogP contribution in [0.25, 0.3) is 0 Å². The number of rotatable bonds is 2. The van der Waals surface area contributed by atoms with Crippen molar-refractivity contribution in [1.82, 2.24) is 0 Å². The second-order valence-corrected chi connectivity index (χ2v) is 4.97. The smallest absolute Gasteiger partial charge is 0.226 e. The molecule has 1 heterocycles. The topological polar surface area (TPSA) is 77.3 Å². The maximum atomic E-state index is 11.0. The van der Waals surface area contributed by atoms with Crippen molar-refractivity contribution in [3.05, 3.63) is 21.3 Å². The van der Waals surface area contributed by atoms with E-state index in [-0.39, 0.29) is 18.1 Å². The first kappa shape index (κ1) is 9.18. The van der Waals surface area contributed by atoms with Crippen LogP contribution in [0.3, 0.4) is 0 Å². The molecule has 0 N–H and O–H groups in total. The zero-order chi connectivity index (χ0) is 9.35. The van der Waals surface area contributed by atoms with Gasteiger partial charge in [0.05, 0.1) is 11.5 Å². The van der Waals surface area contributed by atoms with Crippen molar-refractivity contribution in [1.29, 1.82) is 0 Å².